The number of carbonyl (C=O) groups excluding carboxylic acids is 2. The predicted octanol–water partition coefficient (Wildman–Crippen LogP) is 4.74. The summed E-state index contributed by atoms with van der Waals surface area (Å²) in [5.74, 6) is -2.20. The molecule has 0 radical (unpaired) electrons. The molecule has 37 heavy (non-hydrogen) atoms. The van der Waals surface area contributed by atoms with Crippen LogP contribution >= 0.6 is 0 Å². The van der Waals surface area contributed by atoms with E-state index < -0.39 is 29.3 Å². The summed E-state index contributed by atoms with van der Waals surface area (Å²) < 4.78 is 30.5. The Labute approximate surface area is 212 Å². The van der Waals surface area contributed by atoms with E-state index in [0.29, 0.717) is 34.9 Å². The van der Waals surface area contributed by atoms with E-state index in [1.807, 2.05) is 6.07 Å². The van der Waals surface area contributed by atoms with Gasteiger partial charge in [-0.15, -0.1) is 0 Å². The Bertz CT molecular complexity index is 1440. The fourth-order valence-electron chi connectivity index (χ4n) is 4.25. The van der Waals surface area contributed by atoms with E-state index in [2.05, 4.69) is 0 Å². The Morgan fingerprint density at radius 2 is 1.68 bits per heavy atom. The van der Waals surface area contributed by atoms with Crippen molar-refractivity contribution in [3.63, 3.8) is 0 Å². The van der Waals surface area contributed by atoms with Crippen molar-refractivity contribution in [1.82, 2.24) is 0 Å². The fourth-order valence-corrected chi connectivity index (χ4v) is 4.25. The number of methoxy groups -OCH3 is 2. The van der Waals surface area contributed by atoms with Crippen molar-refractivity contribution in [2.45, 2.75) is 13.0 Å². The zero-order valence-corrected chi connectivity index (χ0v) is 20.3. The quantitative estimate of drug-likeness (QED) is 0.282. The molecule has 0 aromatic heterocycles. The van der Waals surface area contributed by atoms with Crippen molar-refractivity contribution in [3.8, 4) is 23.3 Å². The number of ketones is 1. The molecule has 9 heteroatoms. The van der Waals surface area contributed by atoms with Gasteiger partial charge in [-0.1, -0.05) is 6.07 Å². The molecule has 0 spiro atoms. The third-order valence-electron chi connectivity index (χ3n) is 5.94. The summed E-state index contributed by atoms with van der Waals surface area (Å²) >= 11 is 0. The van der Waals surface area contributed by atoms with Crippen LogP contribution in [0, 0.1) is 17.1 Å². The summed E-state index contributed by atoms with van der Waals surface area (Å²) in [6.45, 7) is 2.13. The standard InChI is InChI=1S/C28H23FN2O6/c1-4-37-23-13-17(7-11-22(23)36-3)25-24(26(32)20-14-18(29)8-12-21(20)35-2)27(33)28(34)31(25)19-9-5-16(15-30)6-10-19/h5-14,25,32H,4H2,1-3H3/b26-24+. The average Bonchev–Trinajstić information content (AvgIpc) is 3.18. The van der Waals surface area contributed by atoms with Gasteiger partial charge in [0.2, 0.25) is 0 Å². The van der Waals surface area contributed by atoms with E-state index in [0.717, 1.165) is 12.1 Å². The molecule has 4 rings (SSSR count). The first-order chi connectivity index (χ1) is 17.8. The molecule has 1 fully saturated rings. The van der Waals surface area contributed by atoms with Crippen LogP contribution < -0.4 is 19.1 Å². The van der Waals surface area contributed by atoms with Crippen LogP contribution in [0.4, 0.5) is 10.1 Å². The molecule has 1 aliphatic rings. The van der Waals surface area contributed by atoms with Crippen LogP contribution in [-0.2, 0) is 9.59 Å². The van der Waals surface area contributed by atoms with E-state index in [4.69, 9.17) is 19.5 Å². The first kappa shape index (κ1) is 25.3. The van der Waals surface area contributed by atoms with Crippen LogP contribution in [0.2, 0.25) is 0 Å². The second-order valence-electron chi connectivity index (χ2n) is 8.02. The smallest absolute Gasteiger partial charge is 0.300 e. The molecule has 1 amide bonds. The van der Waals surface area contributed by atoms with Gasteiger partial charge in [0.15, 0.2) is 11.5 Å². The molecule has 0 saturated carbocycles. The molecule has 1 unspecified atom stereocenters. The molecule has 0 aliphatic carbocycles. The summed E-state index contributed by atoms with van der Waals surface area (Å²) in [7, 11) is 2.82. The number of halogens is 1. The first-order valence-corrected chi connectivity index (χ1v) is 11.3. The Hall–Kier alpha value is -4.84. The number of nitrogens with zero attached hydrogens (tertiary/aromatic N) is 2. The van der Waals surface area contributed by atoms with E-state index in [1.54, 1.807) is 25.1 Å². The van der Waals surface area contributed by atoms with Crippen LogP contribution in [0.3, 0.4) is 0 Å². The predicted molar refractivity (Wildman–Crippen MR) is 133 cm³/mol. The van der Waals surface area contributed by atoms with E-state index in [1.165, 1.54) is 49.5 Å². The van der Waals surface area contributed by atoms with E-state index >= 15 is 0 Å². The van der Waals surface area contributed by atoms with Crippen LogP contribution in [0.1, 0.15) is 29.7 Å². The van der Waals surface area contributed by atoms with Crippen LogP contribution in [0.5, 0.6) is 17.2 Å². The molecule has 1 saturated heterocycles. The molecule has 8 nitrogen and oxygen atoms in total. The second-order valence-corrected chi connectivity index (χ2v) is 8.02. The van der Waals surface area contributed by atoms with Gasteiger partial charge in [0.05, 0.1) is 49.6 Å². The van der Waals surface area contributed by atoms with Crippen molar-refractivity contribution in [3.05, 3.63) is 88.7 Å². The van der Waals surface area contributed by atoms with Crippen molar-refractivity contribution < 1.29 is 33.3 Å². The maximum absolute atomic E-state index is 14.2. The number of amides is 1. The molecule has 188 valence electrons. The van der Waals surface area contributed by atoms with Gasteiger partial charge in [-0.2, -0.15) is 5.26 Å². The maximum atomic E-state index is 14.2. The SMILES string of the molecule is CCOc1cc(C2/C(=C(\O)c3cc(F)ccc3OC)C(=O)C(=O)N2c2ccc(C#N)cc2)ccc1OC. The summed E-state index contributed by atoms with van der Waals surface area (Å²) in [6, 6.07) is 15.4. The number of anilines is 1. The van der Waals surface area contributed by atoms with Gasteiger partial charge >= 0.3 is 0 Å². The van der Waals surface area contributed by atoms with Crippen molar-refractivity contribution in [1.29, 1.82) is 5.26 Å². The number of hydrogen-bond acceptors (Lipinski definition) is 7. The molecule has 1 atom stereocenters. The topological polar surface area (TPSA) is 109 Å². The van der Waals surface area contributed by atoms with Gasteiger partial charge < -0.3 is 19.3 Å². The molecule has 1 aliphatic heterocycles. The molecule has 0 bridgehead atoms. The Morgan fingerprint density at radius 3 is 2.30 bits per heavy atom. The molecular weight excluding hydrogens is 479 g/mol. The lowest BCUT2D eigenvalue weighted by molar-refractivity contribution is -0.132. The highest BCUT2D eigenvalue weighted by atomic mass is 19.1. The number of nitriles is 1. The van der Waals surface area contributed by atoms with Crippen LogP contribution in [0.15, 0.2) is 66.2 Å². The summed E-state index contributed by atoms with van der Waals surface area (Å²) in [5.41, 5.74) is 0.786. The minimum Gasteiger partial charge on any atom is -0.507 e. The number of Topliss-reactive ketones (excluding diaryl/α,β-unsaturated/α-hetero) is 1. The lowest BCUT2D eigenvalue weighted by Crippen LogP contribution is -2.29. The number of benzene rings is 3. The van der Waals surface area contributed by atoms with Crippen LogP contribution in [-0.4, -0.2) is 37.6 Å². The highest BCUT2D eigenvalue weighted by Gasteiger charge is 2.47. The average molecular weight is 502 g/mol. The molecular formula is C28H23FN2O6. The largest absolute Gasteiger partial charge is 0.507 e. The number of carbonyl (C=O) groups is 2. The number of ether oxygens (including phenoxy) is 3. The normalized spacial score (nSPS) is 16.4. The third kappa shape index (κ3) is 4.57. The molecule has 3 aromatic carbocycles. The lowest BCUT2D eigenvalue weighted by Gasteiger charge is -2.26. The Morgan fingerprint density at radius 1 is 1.00 bits per heavy atom. The Balaban J connectivity index is 2.00. The fraction of sp³-hybridized carbons (Fsp3) is 0.179. The van der Waals surface area contributed by atoms with Crippen LogP contribution in [0.25, 0.3) is 5.76 Å². The molecule has 1 N–H and O–H groups in total. The van der Waals surface area contributed by atoms with Gasteiger partial charge in [0.25, 0.3) is 11.7 Å². The Kier molecular flexibility index (Phi) is 7.11. The van der Waals surface area contributed by atoms with E-state index in [9.17, 15) is 19.1 Å². The second kappa shape index (κ2) is 10.4. The monoisotopic (exact) mass is 502 g/mol. The third-order valence-corrected chi connectivity index (χ3v) is 5.94. The van der Waals surface area contributed by atoms with E-state index in [-0.39, 0.29) is 16.9 Å². The van der Waals surface area contributed by atoms with Crippen molar-refractivity contribution in [2.75, 3.05) is 25.7 Å². The first-order valence-electron chi connectivity index (χ1n) is 11.3. The molecule has 3 aromatic rings. The minimum absolute atomic E-state index is 0.0797. The van der Waals surface area contributed by atoms with Crippen molar-refractivity contribution >= 4 is 23.1 Å². The van der Waals surface area contributed by atoms with Gasteiger partial charge in [-0.25, -0.2) is 4.39 Å². The number of rotatable bonds is 7. The van der Waals surface area contributed by atoms with Gasteiger partial charge in [-0.05, 0) is 67.1 Å². The van der Waals surface area contributed by atoms with Gasteiger partial charge in [-0.3, -0.25) is 14.5 Å². The number of aliphatic hydroxyl groups is 1. The van der Waals surface area contributed by atoms with Gasteiger partial charge in [0.1, 0.15) is 17.3 Å². The maximum Gasteiger partial charge on any atom is 0.300 e. The van der Waals surface area contributed by atoms with Crippen molar-refractivity contribution in [2.24, 2.45) is 0 Å². The summed E-state index contributed by atoms with van der Waals surface area (Å²) in [5, 5.41) is 20.5. The lowest BCUT2D eigenvalue weighted by atomic mass is 9.94. The summed E-state index contributed by atoms with van der Waals surface area (Å²) in [6.07, 6.45) is 0. The zero-order valence-electron chi connectivity index (χ0n) is 20.3. The zero-order chi connectivity index (χ0) is 26.7. The summed E-state index contributed by atoms with van der Waals surface area (Å²) in [4.78, 5) is 27.9. The van der Waals surface area contributed by atoms with Gasteiger partial charge in [0, 0.05) is 5.69 Å². The number of hydrogen-bond donors (Lipinski definition) is 1. The highest BCUT2D eigenvalue weighted by Crippen LogP contribution is 2.45. The minimum atomic E-state index is -1.11. The molecule has 1 heterocycles. The number of aliphatic hydroxyl groups excluding tert-OH is 1. The highest BCUT2D eigenvalue weighted by molar-refractivity contribution is 6.51.